The Labute approximate surface area is 198 Å². The third-order valence-electron chi connectivity index (χ3n) is 4.76. The average Bonchev–Trinajstić information content (AvgIpc) is 2.81. The maximum atomic E-state index is 13.1. The largest absolute Gasteiger partial charge is 0.504 e. The smallest absolute Gasteiger partial charge is 0.273 e. The zero-order chi connectivity index (χ0) is 23.5. The standard InChI is InChI=1S/C23H15ClN4O4S/c24-17-10-14(28(31)32)11-20(21(17)29)26-23(33)27-22(30)16-12-19(13-6-2-1-3-7-13)25-18-9-5-4-8-15(16)18/h1-12,29H,(H2,26,27,30,33). The van der Waals surface area contributed by atoms with E-state index in [1.165, 1.54) is 0 Å². The molecule has 8 nitrogen and oxygen atoms in total. The quantitative estimate of drug-likeness (QED) is 0.158. The lowest BCUT2D eigenvalue weighted by Gasteiger charge is -2.13. The Kier molecular flexibility index (Phi) is 6.16. The monoisotopic (exact) mass is 478 g/mol. The maximum Gasteiger partial charge on any atom is 0.273 e. The molecule has 0 saturated carbocycles. The average molecular weight is 479 g/mol. The second kappa shape index (κ2) is 9.19. The molecule has 164 valence electrons. The highest BCUT2D eigenvalue weighted by Crippen LogP contribution is 2.36. The number of nitrogens with one attached hydrogen (secondary N) is 2. The van der Waals surface area contributed by atoms with Crippen LogP contribution in [0.1, 0.15) is 10.4 Å². The Bertz CT molecular complexity index is 1410. The van der Waals surface area contributed by atoms with E-state index in [4.69, 9.17) is 23.8 Å². The molecule has 1 amide bonds. The lowest BCUT2D eigenvalue weighted by atomic mass is 10.0. The van der Waals surface area contributed by atoms with Gasteiger partial charge in [0.1, 0.15) is 0 Å². The summed E-state index contributed by atoms with van der Waals surface area (Å²) >= 11 is 11.0. The van der Waals surface area contributed by atoms with Crippen molar-refractivity contribution in [2.45, 2.75) is 0 Å². The van der Waals surface area contributed by atoms with E-state index in [0.717, 1.165) is 17.7 Å². The number of fused-ring (bicyclic) bond motifs is 1. The van der Waals surface area contributed by atoms with Gasteiger partial charge in [-0.2, -0.15) is 0 Å². The Hall–Kier alpha value is -4.08. The highest BCUT2D eigenvalue weighted by molar-refractivity contribution is 7.80. The van der Waals surface area contributed by atoms with Crippen molar-refractivity contribution in [3.8, 4) is 17.0 Å². The lowest BCUT2D eigenvalue weighted by molar-refractivity contribution is -0.384. The van der Waals surface area contributed by atoms with Crippen molar-refractivity contribution >= 4 is 57.1 Å². The van der Waals surface area contributed by atoms with Crippen LogP contribution in [0.25, 0.3) is 22.2 Å². The number of benzene rings is 3. The molecule has 0 fully saturated rings. The fraction of sp³-hybridized carbons (Fsp3) is 0. The summed E-state index contributed by atoms with van der Waals surface area (Å²) in [5.74, 6) is -0.945. The van der Waals surface area contributed by atoms with Crippen LogP contribution < -0.4 is 10.6 Å². The SMILES string of the molecule is O=C(NC(=S)Nc1cc([N+](=O)[O-])cc(Cl)c1O)c1cc(-c2ccccc2)nc2ccccc12. The number of hydrogen-bond acceptors (Lipinski definition) is 6. The van der Waals surface area contributed by atoms with E-state index < -0.39 is 16.6 Å². The molecule has 4 rings (SSSR count). The summed E-state index contributed by atoms with van der Waals surface area (Å²) in [5.41, 5.74) is 1.97. The zero-order valence-corrected chi connectivity index (χ0v) is 18.4. The number of non-ortho nitro benzene ring substituents is 1. The zero-order valence-electron chi connectivity index (χ0n) is 16.8. The first-order valence-corrected chi connectivity index (χ1v) is 10.4. The van der Waals surface area contributed by atoms with E-state index in [2.05, 4.69) is 15.6 Å². The molecule has 0 aliphatic rings. The summed E-state index contributed by atoms with van der Waals surface area (Å²) in [6, 6.07) is 20.4. The number of nitro groups is 1. The van der Waals surface area contributed by atoms with Gasteiger partial charge in [-0.05, 0) is 24.4 Å². The van der Waals surface area contributed by atoms with Crippen LogP contribution in [0.5, 0.6) is 5.75 Å². The number of phenolic OH excluding ortho intramolecular Hbond substituents is 1. The van der Waals surface area contributed by atoms with Crippen LogP contribution in [0, 0.1) is 10.1 Å². The van der Waals surface area contributed by atoms with Crippen LogP contribution in [-0.2, 0) is 0 Å². The van der Waals surface area contributed by atoms with Crippen molar-refractivity contribution < 1.29 is 14.8 Å². The summed E-state index contributed by atoms with van der Waals surface area (Å²) in [7, 11) is 0. The Morgan fingerprint density at radius 3 is 2.48 bits per heavy atom. The second-order valence-corrected chi connectivity index (χ2v) is 7.74. The van der Waals surface area contributed by atoms with Crippen LogP contribution in [0.3, 0.4) is 0 Å². The van der Waals surface area contributed by atoms with Gasteiger partial charge < -0.3 is 10.4 Å². The summed E-state index contributed by atoms with van der Waals surface area (Å²) < 4.78 is 0. The molecule has 3 N–H and O–H groups in total. The van der Waals surface area contributed by atoms with Gasteiger partial charge in [0.2, 0.25) is 0 Å². The summed E-state index contributed by atoms with van der Waals surface area (Å²) in [6.07, 6.45) is 0. The molecule has 1 heterocycles. The van der Waals surface area contributed by atoms with Gasteiger partial charge in [-0.3, -0.25) is 20.2 Å². The summed E-state index contributed by atoms with van der Waals surface area (Å²) in [4.78, 5) is 28.2. The number of carbonyl (C=O) groups is 1. The van der Waals surface area contributed by atoms with E-state index in [0.29, 0.717) is 22.2 Å². The van der Waals surface area contributed by atoms with E-state index >= 15 is 0 Å². The topological polar surface area (TPSA) is 117 Å². The molecule has 33 heavy (non-hydrogen) atoms. The number of para-hydroxylation sites is 1. The van der Waals surface area contributed by atoms with Crippen LogP contribution in [0.15, 0.2) is 72.8 Å². The number of halogens is 1. The van der Waals surface area contributed by atoms with Crippen molar-refractivity contribution in [2.75, 3.05) is 5.32 Å². The van der Waals surface area contributed by atoms with E-state index in [9.17, 15) is 20.0 Å². The molecule has 1 aromatic heterocycles. The van der Waals surface area contributed by atoms with Gasteiger partial charge in [0, 0.05) is 23.1 Å². The molecule has 4 aromatic rings. The molecule has 0 atom stereocenters. The highest BCUT2D eigenvalue weighted by Gasteiger charge is 2.18. The first-order valence-electron chi connectivity index (χ1n) is 9.58. The number of nitrogens with zero attached hydrogens (tertiary/aromatic N) is 2. The minimum Gasteiger partial charge on any atom is -0.504 e. The van der Waals surface area contributed by atoms with Gasteiger partial charge in [-0.15, -0.1) is 0 Å². The summed E-state index contributed by atoms with van der Waals surface area (Å²) in [5, 5.41) is 26.5. The van der Waals surface area contributed by atoms with Gasteiger partial charge in [0.05, 0.1) is 32.4 Å². The second-order valence-electron chi connectivity index (χ2n) is 6.93. The first-order chi connectivity index (χ1) is 15.8. The third kappa shape index (κ3) is 4.74. The lowest BCUT2D eigenvalue weighted by Crippen LogP contribution is -2.34. The van der Waals surface area contributed by atoms with Crippen molar-refractivity contribution in [2.24, 2.45) is 0 Å². The predicted octanol–water partition coefficient (Wildman–Crippen LogP) is 5.30. The number of rotatable bonds is 4. The number of pyridine rings is 1. The number of thiocarbonyl (C=S) groups is 1. The number of anilines is 1. The molecule has 0 unspecified atom stereocenters. The molecule has 0 aliphatic carbocycles. The Morgan fingerprint density at radius 2 is 1.76 bits per heavy atom. The number of aromatic hydroxyl groups is 1. The van der Waals surface area contributed by atoms with E-state index in [1.807, 2.05) is 36.4 Å². The highest BCUT2D eigenvalue weighted by atomic mass is 35.5. The number of amides is 1. The van der Waals surface area contributed by atoms with Gasteiger partial charge in [-0.25, -0.2) is 4.98 Å². The molecule has 0 bridgehead atoms. The van der Waals surface area contributed by atoms with Gasteiger partial charge in [0.25, 0.3) is 11.6 Å². The van der Waals surface area contributed by atoms with Crippen LogP contribution >= 0.6 is 23.8 Å². The molecule has 0 saturated heterocycles. The van der Waals surface area contributed by atoms with E-state index in [-0.39, 0.29) is 21.5 Å². The van der Waals surface area contributed by atoms with Crippen LogP contribution in [0.2, 0.25) is 5.02 Å². The normalized spacial score (nSPS) is 10.6. The summed E-state index contributed by atoms with van der Waals surface area (Å²) in [6.45, 7) is 0. The predicted molar refractivity (Wildman–Crippen MR) is 131 cm³/mol. The number of phenols is 1. The fourth-order valence-electron chi connectivity index (χ4n) is 3.23. The first kappa shape index (κ1) is 22.1. The fourth-order valence-corrected chi connectivity index (χ4v) is 3.65. The Balaban J connectivity index is 1.64. The third-order valence-corrected chi connectivity index (χ3v) is 5.26. The molecular formula is C23H15ClN4O4S. The van der Waals surface area contributed by atoms with E-state index in [1.54, 1.807) is 24.3 Å². The van der Waals surface area contributed by atoms with Crippen LogP contribution in [-0.4, -0.2) is 26.0 Å². The number of hydrogen-bond donors (Lipinski definition) is 3. The van der Waals surface area contributed by atoms with Crippen LogP contribution in [0.4, 0.5) is 11.4 Å². The minimum absolute atomic E-state index is 0.107. The van der Waals surface area contributed by atoms with Crippen molar-refractivity contribution in [1.82, 2.24) is 10.3 Å². The van der Waals surface area contributed by atoms with Crippen molar-refractivity contribution in [3.63, 3.8) is 0 Å². The number of carbonyl (C=O) groups excluding carboxylic acids is 1. The van der Waals surface area contributed by atoms with Gasteiger partial charge in [0.15, 0.2) is 10.9 Å². The Morgan fingerprint density at radius 1 is 1.06 bits per heavy atom. The maximum absolute atomic E-state index is 13.1. The van der Waals surface area contributed by atoms with Crippen molar-refractivity contribution in [3.05, 3.63) is 93.5 Å². The molecule has 0 spiro atoms. The van der Waals surface area contributed by atoms with Gasteiger partial charge in [-0.1, -0.05) is 60.1 Å². The molecule has 0 aliphatic heterocycles. The molecular weight excluding hydrogens is 464 g/mol. The van der Waals surface area contributed by atoms with Gasteiger partial charge >= 0.3 is 0 Å². The number of nitro benzene ring substituents is 1. The molecule has 10 heteroatoms. The molecule has 3 aromatic carbocycles. The number of aromatic nitrogens is 1. The molecule has 0 radical (unpaired) electrons. The van der Waals surface area contributed by atoms with Crippen molar-refractivity contribution in [1.29, 1.82) is 0 Å². The minimum atomic E-state index is -0.660.